The van der Waals surface area contributed by atoms with Crippen molar-refractivity contribution >= 4 is 54.9 Å². The van der Waals surface area contributed by atoms with E-state index in [-0.39, 0.29) is 10.6 Å². The number of fused-ring (bicyclic) bond motifs is 3. The lowest BCUT2D eigenvalue weighted by atomic mass is 9.98. The van der Waals surface area contributed by atoms with Crippen LogP contribution < -0.4 is 0 Å². The number of ketones is 1. The lowest BCUT2D eigenvalue weighted by Gasteiger charge is -2.09. The van der Waals surface area contributed by atoms with Crippen molar-refractivity contribution in [2.75, 3.05) is 0 Å². The standard InChI is InChI=1S/C17H12BrClO/c1-10(18)17(20)12-7-6-11-9-16(19)14-5-3-2-4-13(14)15(11)8-12/h2-10H,1H3/t10-/m0/s1. The lowest BCUT2D eigenvalue weighted by molar-refractivity contribution is 0.0996. The van der Waals surface area contributed by atoms with Gasteiger partial charge in [0.1, 0.15) is 0 Å². The van der Waals surface area contributed by atoms with E-state index in [2.05, 4.69) is 15.9 Å². The van der Waals surface area contributed by atoms with Crippen LogP contribution in [0.4, 0.5) is 0 Å². The molecule has 0 heterocycles. The average molecular weight is 348 g/mol. The number of hydrogen-bond donors (Lipinski definition) is 0. The highest BCUT2D eigenvalue weighted by atomic mass is 79.9. The minimum atomic E-state index is -0.182. The normalized spacial score (nSPS) is 12.8. The summed E-state index contributed by atoms with van der Waals surface area (Å²) in [6.45, 7) is 1.84. The van der Waals surface area contributed by atoms with E-state index in [1.54, 1.807) is 0 Å². The molecule has 3 aromatic carbocycles. The second kappa shape index (κ2) is 5.19. The molecule has 0 aromatic heterocycles. The Kier molecular flexibility index (Phi) is 3.53. The summed E-state index contributed by atoms with van der Waals surface area (Å²) in [4.78, 5) is 11.9. The SMILES string of the molecule is C[C@H](Br)C(=O)c1ccc2cc(Cl)c3ccccc3c2c1. The third-order valence-corrected chi connectivity index (χ3v) is 4.18. The van der Waals surface area contributed by atoms with Crippen molar-refractivity contribution in [1.29, 1.82) is 0 Å². The van der Waals surface area contributed by atoms with Crippen LogP contribution in [0, 0.1) is 0 Å². The summed E-state index contributed by atoms with van der Waals surface area (Å²) in [5, 5.41) is 4.93. The molecule has 0 unspecified atom stereocenters. The summed E-state index contributed by atoms with van der Waals surface area (Å²) >= 11 is 9.65. The van der Waals surface area contributed by atoms with Crippen LogP contribution in [-0.2, 0) is 0 Å². The van der Waals surface area contributed by atoms with Gasteiger partial charge in [-0.05, 0) is 35.2 Å². The molecule has 0 amide bonds. The molecule has 0 N–H and O–H groups in total. The Balaban J connectivity index is 2.35. The van der Waals surface area contributed by atoms with Gasteiger partial charge in [0.2, 0.25) is 0 Å². The van der Waals surface area contributed by atoms with E-state index in [0.29, 0.717) is 5.56 Å². The van der Waals surface area contributed by atoms with E-state index in [4.69, 9.17) is 11.6 Å². The van der Waals surface area contributed by atoms with Gasteiger partial charge in [-0.1, -0.05) is 63.9 Å². The Morgan fingerprint density at radius 1 is 1.05 bits per heavy atom. The fourth-order valence-corrected chi connectivity index (χ4v) is 2.99. The first-order chi connectivity index (χ1) is 9.58. The van der Waals surface area contributed by atoms with E-state index in [1.807, 2.05) is 55.5 Å². The summed E-state index contributed by atoms with van der Waals surface area (Å²) in [6, 6.07) is 15.7. The maximum atomic E-state index is 12.1. The molecular formula is C17H12BrClO. The van der Waals surface area contributed by atoms with Crippen LogP contribution in [0.3, 0.4) is 0 Å². The van der Waals surface area contributed by atoms with E-state index in [0.717, 1.165) is 26.6 Å². The van der Waals surface area contributed by atoms with Crippen molar-refractivity contribution in [2.45, 2.75) is 11.8 Å². The summed E-state index contributed by atoms with van der Waals surface area (Å²) in [6.07, 6.45) is 0. The van der Waals surface area contributed by atoms with Gasteiger partial charge in [-0.15, -0.1) is 0 Å². The molecule has 3 heteroatoms. The van der Waals surface area contributed by atoms with Crippen molar-refractivity contribution in [3.8, 4) is 0 Å². The Labute approximate surface area is 130 Å². The molecule has 0 aliphatic rings. The highest BCUT2D eigenvalue weighted by Gasteiger charge is 2.13. The van der Waals surface area contributed by atoms with Crippen molar-refractivity contribution in [1.82, 2.24) is 0 Å². The zero-order valence-corrected chi connectivity index (χ0v) is 13.2. The van der Waals surface area contributed by atoms with E-state index >= 15 is 0 Å². The van der Waals surface area contributed by atoms with Gasteiger partial charge in [0.05, 0.1) is 4.83 Å². The number of benzene rings is 3. The monoisotopic (exact) mass is 346 g/mol. The van der Waals surface area contributed by atoms with Gasteiger partial charge in [-0.3, -0.25) is 4.79 Å². The molecule has 20 heavy (non-hydrogen) atoms. The first kappa shape index (κ1) is 13.6. The molecule has 0 bridgehead atoms. The second-order valence-electron chi connectivity index (χ2n) is 4.82. The Bertz CT molecular complexity index is 824. The van der Waals surface area contributed by atoms with E-state index in [1.165, 1.54) is 0 Å². The first-order valence-electron chi connectivity index (χ1n) is 6.37. The molecule has 1 nitrogen and oxygen atoms in total. The molecular weight excluding hydrogens is 336 g/mol. The molecule has 3 aromatic rings. The molecule has 0 saturated heterocycles. The number of alkyl halides is 1. The maximum absolute atomic E-state index is 12.1. The van der Waals surface area contributed by atoms with Gasteiger partial charge in [-0.2, -0.15) is 0 Å². The average Bonchev–Trinajstić information content (AvgIpc) is 2.46. The molecule has 100 valence electrons. The van der Waals surface area contributed by atoms with E-state index in [9.17, 15) is 4.79 Å². The van der Waals surface area contributed by atoms with Crippen LogP contribution in [-0.4, -0.2) is 10.6 Å². The molecule has 0 radical (unpaired) electrons. The fraction of sp³-hybridized carbons (Fsp3) is 0.118. The minimum absolute atomic E-state index is 0.0888. The van der Waals surface area contributed by atoms with Crippen molar-refractivity contribution in [2.24, 2.45) is 0 Å². The minimum Gasteiger partial charge on any atom is -0.293 e. The zero-order valence-electron chi connectivity index (χ0n) is 10.9. The Hall–Kier alpha value is -1.38. The van der Waals surface area contributed by atoms with Gasteiger partial charge in [0, 0.05) is 16.0 Å². The summed E-state index contributed by atoms with van der Waals surface area (Å²) in [7, 11) is 0. The molecule has 0 fully saturated rings. The van der Waals surface area contributed by atoms with Gasteiger partial charge in [-0.25, -0.2) is 0 Å². The molecule has 0 aliphatic carbocycles. The predicted octanol–water partition coefficient (Wildman–Crippen LogP) is 5.61. The first-order valence-corrected chi connectivity index (χ1v) is 7.66. The topological polar surface area (TPSA) is 17.1 Å². The Morgan fingerprint density at radius 3 is 2.45 bits per heavy atom. The smallest absolute Gasteiger partial charge is 0.176 e. The summed E-state index contributed by atoms with van der Waals surface area (Å²) < 4.78 is 0. The van der Waals surface area contributed by atoms with Crippen LogP contribution in [0.15, 0.2) is 48.5 Å². The van der Waals surface area contributed by atoms with Crippen LogP contribution in [0.5, 0.6) is 0 Å². The number of halogens is 2. The molecule has 3 rings (SSSR count). The molecule has 0 aliphatic heterocycles. The number of carbonyl (C=O) groups is 1. The van der Waals surface area contributed by atoms with Crippen molar-refractivity contribution in [3.63, 3.8) is 0 Å². The van der Waals surface area contributed by atoms with Gasteiger partial charge < -0.3 is 0 Å². The van der Waals surface area contributed by atoms with Crippen LogP contribution in [0.25, 0.3) is 21.5 Å². The highest BCUT2D eigenvalue weighted by Crippen LogP contribution is 2.32. The van der Waals surface area contributed by atoms with Gasteiger partial charge in [0.15, 0.2) is 5.78 Å². The summed E-state index contributed by atoms with van der Waals surface area (Å²) in [5.74, 6) is 0.0888. The largest absolute Gasteiger partial charge is 0.293 e. The van der Waals surface area contributed by atoms with Crippen LogP contribution >= 0.6 is 27.5 Å². The van der Waals surface area contributed by atoms with Crippen molar-refractivity contribution in [3.05, 3.63) is 59.1 Å². The third-order valence-electron chi connectivity index (χ3n) is 3.46. The van der Waals surface area contributed by atoms with Gasteiger partial charge >= 0.3 is 0 Å². The number of carbonyl (C=O) groups excluding carboxylic acids is 1. The third kappa shape index (κ3) is 2.23. The summed E-state index contributed by atoms with van der Waals surface area (Å²) in [5.41, 5.74) is 0.717. The second-order valence-corrected chi connectivity index (χ2v) is 6.60. The zero-order chi connectivity index (χ0) is 14.3. The fourth-order valence-electron chi connectivity index (χ4n) is 2.44. The highest BCUT2D eigenvalue weighted by molar-refractivity contribution is 9.10. The molecule has 1 atom stereocenters. The van der Waals surface area contributed by atoms with E-state index < -0.39 is 0 Å². The molecule has 0 saturated carbocycles. The van der Waals surface area contributed by atoms with Crippen molar-refractivity contribution < 1.29 is 4.79 Å². The van der Waals surface area contributed by atoms with Crippen LogP contribution in [0.1, 0.15) is 17.3 Å². The number of rotatable bonds is 2. The maximum Gasteiger partial charge on any atom is 0.176 e. The Morgan fingerprint density at radius 2 is 1.75 bits per heavy atom. The number of hydrogen-bond acceptors (Lipinski definition) is 1. The quantitative estimate of drug-likeness (QED) is 0.334. The lowest BCUT2D eigenvalue weighted by Crippen LogP contribution is -2.09. The van der Waals surface area contributed by atoms with Crippen LogP contribution in [0.2, 0.25) is 5.02 Å². The predicted molar refractivity (Wildman–Crippen MR) is 89.2 cm³/mol. The van der Waals surface area contributed by atoms with Gasteiger partial charge in [0.25, 0.3) is 0 Å². The molecule has 0 spiro atoms. The number of Topliss-reactive ketones (excluding diaryl/α,β-unsaturated/α-hetero) is 1.